The van der Waals surface area contributed by atoms with E-state index in [0.717, 1.165) is 0 Å². The number of aliphatic hydroxyl groups is 5. The molecule has 0 bridgehead atoms. The summed E-state index contributed by atoms with van der Waals surface area (Å²) in [4.78, 5) is 0. The van der Waals surface area contributed by atoms with Gasteiger partial charge in [-0.1, -0.05) is 6.08 Å². The van der Waals surface area contributed by atoms with Gasteiger partial charge in [0, 0.05) is 6.42 Å². The minimum atomic E-state index is -1.89. The average molecular weight is 220 g/mol. The molecule has 0 aromatic heterocycles. The highest BCUT2D eigenvalue weighted by atomic mass is 16.7. The summed E-state index contributed by atoms with van der Waals surface area (Å²) in [5.41, 5.74) is -1.89. The van der Waals surface area contributed by atoms with Gasteiger partial charge in [0.25, 0.3) is 0 Å². The van der Waals surface area contributed by atoms with E-state index in [1.54, 1.807) is 0 Å². The zero-order valence-corrected chi connectivity index (χ0v) is 8.15. The van der Waals surface area contributed by atoms with Crippen LogP contribution < -0.4 is 0 Å². The fourth-order valence-electron chi connectivity index (χ4n) is 1.63. The van der Waals surface area contributed by atoms with Gasteiger partial charge in [-0.3, -0.25) is 0 Å². The molecule has 15 heavy (non-hydrogen) atoms. The highest BCUT2D eigenvalue weighted by Gasteiger charge is 2.55. The third kappa shape index (κ3) is 2.05. The quantitative estimate of drug-likeness (QED) is 0.342. The van der Waals surface area contributed by atoms with Crippen LogP contribution in [0.1, 0.15) is 6.42 Å². The Kier molecular flexibility index (Phi) is 3.82. The molecule has 0 radical (unpaired) electrons. The van der Waals surface area contributed by atoms with Crippen LogP contribution in [0.4, 0.5) is 0 Å². The van der Waals surface area contributed by atoms with E-state index < -0.39 is 36.8 Å². The first-order chi connectivity index (χ1) is 6.97. The standard InChI is InChI=1S/C9H16O6/c1-2-3-9(14)7(12)6(5(11)4-10)15-8(9)13/h2,5-8,10-14H,1,3-4H2/t5-,6+,7+,8?,9-/m1/s1. The number of rotatable bonds is 4. The SMILES string of the molecule is C=CC[C@]1(O)C(O)O[C@@H]([C@H](O)CO)[C@@H]1O. The minimum Gasteiger partial charge on any atom is -0.394 e. The molecule has 1 aliphatic rings. The first kappa shape index (κ1) is 12.6. The zero-order valence-electron chi connectivity index (χ0n) is 8.15. The second-order valence-corrected chi connectivity index (χ2v) is 3.63. The van der Waals surface area contributed by atoms with Crippen molar-refractivity contribution in [3.8, 4) is 0 Å². The smallest absolute Gasteiger partial charge is 0.187 e. The van der Waals surface area contributed by atoms with Gasteiger partial charge in [-0.05, 0) is 0 Å². The molecule has 1 fully saturated rings. The molecule has 88 valence electrons. The topological polar surface area (TPSA) is 110 Å². The van der Waals surface area contributed by atoms with Crippen molar-refractivity contribution in [1.29, 1.82) is 0 Å². The van der Waals surface area contributed by atoms with E-state index in [4.69, 9.17) is 9.84 Å². The summed E-state index contributed by atoms with van der Waals surface area (Å²) in [6.07, 6.45) is -4.42. The fraction of sp³-hybridized carbons (Fsp3) is 0.778. The van der Waals surface area contributed by atoms with E-state index in [2.05, 4.69) is 6.58 Å². The minimum absolute atomic E-state index is 0.0794. The van der Waals surface area contributed by atoms with Crippen LogP contribution in [0.15, 0.2) is 12.7 Å². The van der Waals surface area contributed by atoms with Crippen molar-refractivity contribution in [2.24, 2.45) is 0 Å². The summed E-state index contributed by atoms with van der Waals surface area (Å²) in [6.45, 7) is 2.75. The van der Waals surface area contributed by atoms with Crippen LogP contribution in [-0.2, 0) is 4.74 Å². The number of hydrogen-bond donors (Lipinski definition) is 5. The molecule has 1 rings (SSSR count). The Labute approximate surface area is 87.0 Å². The van der Waals surface area contributed by atoms with Crippen LogP contribution in [0.3, 0.4) is 0 Å². The Hall–Kier alpha value is -0.500. The van der Waals surface area contributed by atoms with Gasteiger partial charge in [0.15, 0.2) is 6.29 Å². The van der Waals surface area contributed by atoms with Crippen LogP contribution >= 0.6 is 0 Å². The van der Waals surface area contributed by atoms with Crippen molar-refractivity contribution in [2.75, 3.05) is 6.61 Å². The molecule has 1 unspecified atom stereocenters. The highest BCUT2D eigenvalue weighted by molar-refractivity contribution is 5.04. The Morgan fingerprint density at radius 2 is 2.07 bits per heavy atom. The summed E-state index contributed by atoms with van der Waals surface area (Å²) in [5, 5.41) is 46.8. The largest absolute Gasteiger partial charge is 0.394 e. The Morgan fingerprint density at radius 3 is 2.53 bits per heavy atom. The summed E-state index contributed by atoms with van der Waals surface area (Å²) in [6, 6.07) is 0. The third-order valence-electron chi connectivity index (χ3n) is 2.57. The van der Waals surface area contributed by atoms with E-state index in [1.807, 2.05) is 0 Å². The monoisotopic (exact) mass is 220 g/mol. The lowest BCUT2D eigenvalue weighted by molar-refractivity contribution is -0.181. The lowest BCUT2D eigenvalue weighted by atomic mass is 9.90. The van der Waals surface area contributed by atoms with Gasteiger partial charge in [0.05, 0.1) is 6.61 Å². The van der Waals surface area contributed by atoms with Crippen LogP contribution in [-0.4, -0.2) is 62.3 Å². The summed E-state index contributed by atoms with van der Waals surface area (Å²) in [7, 11) is 0. The molecule has 6 heteroatoms. The van der Waals surface area contributed by atoms with Crippen LogP contribution in [0.5, 0.6) is 0 Å². The third-order valence-corrected chi connectivity index (χ3v) is 2.57. The van der Waals surface area contributed by atoms with Crippen LogP contribution in [0.25, 0.3) is 0 Å². The highest BCUT2D eigenvalue weighted by Crippen LogP contribution is 2.34. The number of aliphatic hydroxyl groups excluding tert-OH is 4. The molecule has 0 aliphatic carbocycles. The summed E-state index contributed by atoms with van der Waals surface area (Å²) < 4.78 is 4.79. The van der Waals surface area contributed by atoms with Crippen molar-refractivity contribution >= 4 is 0 Å². The molecule has 6 nitrogen and oxygen atoms in total. The first-order valence-electron chi connectivity index (χ1n) is 4.61. The molecule has 0 amide bonds. The molecule has 1 saturated heterocycles. The van der Waals surface area contributed by atoms with Gasteiger partial charge in [-0.2, -0.15) is 0 Å². The molecule has 0 aromatic carbocycles. The van der Waals surface area contributed by atoms with E-state index in [0.29, 0.717) is 0 Å². The number of ether oxygens (including phenoxy) is 1. The van der Waals surface area contributed by atoms with Gasteiger partial charge in [-0.15, -0.1) is 6.58 Å². The molecule has 0 saturated carbocycles. The maximum absolute atomic E-state index is 9.85. The predicted octanol–water partition coefficient (Wildman–Crippen LogP) is -2.28. The molecular formula is C9H16O6. The maximum atomic E-state index is 9.85. The van der Waals surface area contributed by atoms with Gasteiger partial charge < -0.3 is 30.3 Å². The lowest BCUT2D eigenvalue weighted by Crippen LogP contribution is -2.50. The Morgan fingerprint density at radius 1 is 1.47 bits per heavy atom. The van der Waals surface area contributed by atoms with E-state index >= 15 is 0 Å². The van der Waals surface area contributed by atoms with Gasteiger partial charge in [-0.25, -0.2) is 0 Å². The predicted molar refractivity (Wildman–Crippen MR) is 49.7 cm³/mol. The van der Waals surface area contributed by atoms with Crippen LogP contribution in [0, 0.1) is 0 Å². The van der Waals surface area contributed by atoms with Crippen LogP contribution in [0.2, 0.25) is 0 Å². The molecule has 1 heterocycles. The van der Waals surface area contributed by atoms with Crippen molar-refractivity contribution in [3.05, 3.63) is 12.7 Å². The van der Waals surface area contributed by atoms with Crippen molar-refractivity contribution in [2.45, 2.75) is 36.6 Å². The molecule has 1 aliphatic heterocycles. The van der Waals surface area contributed by atoms with Gasteiger partial charge in [0.1, 0.15) is 23.9 Å². The maximum Gasteiger partial charge on any atom is 0.187 e. The van der Waals surface area contributed by atoms with E-state index in [-0.39, 0.29) is 6.42 Å². The zero-order chi connectivity index (χ0) is 11.6. The van der Waals surface area contributed by atoms with E-state index in [1.165, 1.54) is 6.08 Å². The second kappa shape index (κ2) is 4.56. The fourth-order valence-corrected chi connectivity index (χ4v) is 1.63. The molecule has 5 N–H and O–H groups in total. The van der Waals surface area contributed by atoms with Gasteiger partial charge >= 0.3 is 0 Å². The second-order valence-electron chi connectivity index (χ2n) is 3.63. The number of hydrogen-bond acceptors (Lipinski definition) is 6. The first-order valence-corrected chi connectivity index (χ1v) is 4.61. The van der Waals surface area contributed by atoms with Gasteiger partial charge in [0.2, 0.25) is 0 Å². The molecule has 0 spiro atoms. The molecule has 5 atom stereocenters. The normalized spacial score (nSPS) is 42.9. The van der Waals surface area contributed by atoms with Crippen molar-refractivity contribution in [1.82, 2.24) is 0 Å². The van der Waals surface area contributed by atoms with E-state index in [9.17, 15) is 20.4 Å². The summed E-state index contributed by atoms with van der Waals surface area (Å²) >= 11 is 0. The lowest BCUT2D eigenvalue weighted by Gasteiger charge is -2.27. The Bertz CT molecular complexity index is 233. The molecule has 0 aromatic rings. The Balaban J connectivity index is 2.82. The molecular weight excluding hydrogens is 204 g/mol. The van der Waals surface area contributed by atoms with Crippen molar-refractivity contribution in [3.63, 3.8) is 0 Å². The average Bonchev–Trinajstić information content (AvgIpc) is 2.43. The summed E-state index contributed by atoms with van der Waals surface area (Å²) in [5.74, 6) is 0. The van der Waals surface area contributed by atoms with Crippen molar-refractivity contribution < 1.29 is 30.3 Å².